The zero-order valence-corrected chi connectivity index (χ0v) is 10.4. The molecule has 0 heterocycles. The summed E-state index contributed by atoms with van der Waals surface area (Å²) in [6.45, 7) is 1.94. The molecule has 2 nitrogen and oxygen atoms in total. The Morgan fingerprint density at radius 2 is 2.29 bits per heavy atom. The molecule has 1 amide bonds. The van der Waals surface area contributed by atoms with Crippen LogP contribution < -0.4 is 5.32 Å². The van der Waals surface area contributed by atoms with Gasteiger partial charge >= 0.3 is 0 Å². The van der Waals surface area contributed by atoms with Crippen LogP contribution in [0.4, 0.5) is 4.39 Å². The lowest BCUT2D eigenvalue weighted by Gasteiger charge is -2.13. The Labute approximate surface area is 105 Å². The van der Waals surface area contributed by atoms with Gasteiger partial charge in [0.2, 0.25) is 0 Å². The van der Waals surface area contributed by atoms with Crippen molar-refractivity contribution in [3.63, 3.8) is 0 Å². The Morgan fingerprint density at radius 3 is 2.94 bits per heavy atom. The summed E-state index contributed by atoms with van der Waals surface area (Å²) in [4.78, 5) is 11.8. The average Bonchev–Trinajstić information content (AvgIpc) is 3.05. The number of carbonyl (C=O) groups excluding carboxylic acids is 1. The molecule has 1 aliphatic carbocycles. The molecule has 17 heavy (non-hydrogen) atoms. The lowest BCUT2D eigenvalue weighted by Crippen LogP contribution is -2.33. The predicted octanol–water partition coefficient (Wildman–Crippen LogP) is 3.40. The molecule has 1 aromatic carbocycles. The van der Waals surface area contributed by atoms with Crippen molar-refractivity contribution in [1.82, 2.24) is 5.32 Å². The van der Waals surface area contributed by atoms with Gasteiger partial charge in [0.15, 0.2) is 0 Å². The Hall–Kier alpha value is -1.09. The summed E-state index contributed by atoms with van der Waals surface area (Å²) >= 11 is 5.75. The summed E-state index contributed by atoms with van der Waals surface area (Å²) in [5.41, 5.74) is 0.0140. The molecule has 0 spiro atoms. The van der Waals surface area contributed by atoms with Crippen molar-refractivity contribution in [2.45, 2.75) is 32.2 Å². The second-order valence-electron chi connectivity index (χ2n) is 4.68. The zero-order valence-electron chi connectivity index (χ0n) is 9.67. The molecule has 1 saturated carbocycles. The highest BCUT2D eigenvalue weighted by atomic mass is 35.5. The molecule has 0 saturated heterocycles. The average molecular weight is 256 g/mol. The van der Waals surface area contributed by atoms with E-state index < -0.39 is 11.7 Å². The largest absolute Gasteiger partial charge is 0.349 e. The highest BCUT2D eigenvalue weighted by Gasteiger charge is 2.24. The Bertz CT molecular complexity index is 431. The Balaban J connectivity index is 2.00. The van der Waals surface area contributed by atoms with E-state index in [1.54, 1.807) is 0 Å². The topological polar surface area (TPSA) is 29.1 Å². The second kappa shape index (κ2) is 5.05. The van der Waals surface area contributed by atoms with Crippen LogP contribution in [0.2, 0.25) is 5.02 Å². The number of benzene rings is 1. The number of hydrogen-bond acceptors (Lipinski definition) is 1. The molecule has 1 unspecified atom stereocenters. The van der Waals surface area contributed by atoms with Crippen molar-refractivity contribution in [1.29, 1.82) is 0 Å². The zero-order chi connectivity index (χ0) is 12.4. The number of carbonyl (C=O) groups is 1. The van der Waals surface area contributed by atoms with Gasteiger partial charge in [0.25, 0.3) is 5.91 Å². The number of nitrogens with one attached hydrogen (secondary N) is 1. The van der Waals surface area contributed by atoms with Crippen LogP contribution in [0.3, 0.4) is 0 Å². The first-order valence-corrected chi connectivity index (χ1v) is 6.20. The van der Waals surface area contributed by atoms with Crippen molar-refractivity contribution in [3.05, 3.63) is 34.6 Å². The Kier molecular flexibility index (Phi) is 3.67. The van der Waals surface area contributed by atoms with Crippen LogP contribution in [0, 0.1) is 11.7 Å². The van der Waals surface area contributed by atoms with E-state index in [2.05, 4.69) is 5.32 Å². The molecule has 0 aliphatic heterocycles. The van der Waals surface area contributed by atoms with E-state index in [1.165, 1.54) is 31.0 Å². The van der Waals surface area contributed by atoms with Gasteiger partial charge in [-0.1, -0.05) is 24.4 Å². The first-order valence-electron chi connectivity index (χ1n) is 5.82. The van der Waals surface area contributed by atoms with Gasteiger partial charge in [0, 0.05) is 11.1 Å². The molecular weight excluding hydrogens is 241 g/mol. The van der Waals surface area contributed by atoms with Gasteiger partial charge in [-0.15, -0.1) is 0 Å². The van der Waals surface area contributed by atoms with Gasteiger partial charge in [-0.05, 0) is 37.5 Å². The van der Waals surface area contributed by atoms with Crippen molar-refractivity contribution in [2.24, 2.45) is 5.92 Å². The quantitative estimate of drug-likeness (QED) is 0.878. The van der Waals surface area contributed by atoms with Crippen LogP contribution in [-0.4, -0.2) is 11.9 Å². The minimum absolute atomic E-state index is 0.0140. The van der Waals surface area contributed by atoms with E-state index in [9.17, 15) is 9.18 Å². The van der Waals surface area contributed by atoms with Gasteiger partial charge < -0.3 is 5.32 Å². The summed E-state index contributed by atoms with van der Waals surface area (Å²) in [6, 6.07) is 4.08. The van der Waals surface area contributed by atoms with E-state index in [0.717, 1.165) is 12.3 Å². The van der Waals surface area contributed by atoms with Crippen LogP contribution >= 0.6 is 11.6 Å². The molecule has 92 valence electrons. The summed E-state index contributed by atoms with van der Waals surface area (Å²) in [5, 5.41) is 3.17. The molecule has 0 radical (unpaired) electrons. The van der Waals surface area contributed by atoms with E-state index in [1.807, 2.05) is 6.92 Å². The minimum atomic E-state index is -0.537. The van der Waals surface area contributed by atoms with Crippen molar-refractivity contribution >= 4 is 17.5 Å². The number of rotatable bonds is 4. The van der Waals surface area contributed by atoms with Gasteiger partial charge in [-0.3, -0.25) is 4.79 Å². The normalized spacial score (nSPS) is 16.6. The number of halogens is 2. The van der Waals surface area contributed by atoms with Gasteiger partial charge in [-0.25, -0.2) is 4.39 Å². The molecule has 1 atom stereocenters. The fourth-order valence-electron chi connectivity index (χ4n) is 1.89. The molecule has 2 rings (SSSR count). The van der Waals surface area contributed by atoms with Crippen LogP contribution in [0.25, 0.3) is 0 Å². The van der Waals surface area contributed by atoms with Gasteiger partial charge in [0.05, 0.1) is 5.56 Å². The van der Waals surface area contributed by atoms with Crippen LogP contribution in [0.5, 0.6) is 0 Å². The van der Waals surface area contributed by atoms with Gasteiger partial charge in [0.1, 0.15) is 5.82 Å². The maximum Gasteiger partial charge on any atom is 0.254 e. The maximum atomic E-state index is 13.4. The SMILES string of the molecule is CC(CC1CC1)NC(=O)c1cc(Cl)ccc1F. The van der Waals surface area contributed by atoms with E-state index in [0.29, 0.717) is 5.02 Å². The van der Waals surface area contributed by atoms with E-state index in [-0.39, 0.29) is 11.6 Å². The predicted molar refractivity (Wildman–Crippen MR) is 65.7 cm³/mol. The molecule has 1 N–H and O–H groups in total. The van der Waals surface area contributed by atoms with Gasteiger partial charge in [-0.2, -0.15) is 0 Å². The second-order valence-corrected chi connectivity index (χ2v) is 5.11. The molecule has 1 aromatic rings. The monoisotopic (exact) mass is 255 g/mol. The fourth-order valence-corrected chi connectivity index (χ4v) is 2.06. The summed E-state index contributed by atoms with van der Waals surface area (Å²) in [6.07, 6.45) is 3.45. The minimum Gasteiger partial charge on any atom is -0.349 e. The lowest BCUT2D eigenvalue weighted by atomic mass is 10.1. The summed E-state index contributed by atoms with van der Waals surface area (Å²) in [5.74, 6) is -0.196. The lowest BCUT2D eigenvalue weighted by molar-refractivity contribution is 0.0933. The van der Waals surface area contributed by atoms with Crippen LogP contribution in [0.15, 0.2) is 18.2 Å². The van der Waals surface area contributed by atoms with Crippen molar-refractivity contribution < 1.29 is 9.18 Å². The van der Waals surface area contributed by atoms with E-state index >= 15 is 0 Å². The molecule has 0 bridgehead atoms. The smallest absolute Gasteiger partial charge is 0.254 e. The maximum absolute atomic E-state index is 13.4. The fraction of sp³-hybridized carbons (Fsp3) is 0.462. The number of hydrogen-bond donors (Lipinski definition) is 1. The third kappa shape index (κ3) is 3.43. The molecule has 4 heteroatoms. The summed E-state index contributed by atoms with van der Waals surface area (Å²) < 4.78 is 13.4. The molecule has 0 aromatic heterocycles. The third-order valence-corrected chi connectivity index (χ3v) is 3.17. The number of amides is 1. The molecular formula is C13H15ClFNO. The molecule has 1 aliphatic rings. The molecule has 1 fully saturated rings. The standard InChI is InChI=1S/C13H15ClFNO/c1-8(6-9-2-3-9)16-13(17)11-7-10(14)4-5-12(11)15/h4-5,7-9H,2-3,6H2,1H3,(H,16,17). The van der Waals surface area contributed by atoms with Crippen LogP contribution in [0.1, 0.15) is 36.5 Å². The first-order chi connectivity index (χ1) is 8.06. The van der Waals surface area contributed by atoms with E-state index in [4.69, 9.17) is 11.6 Å². The van der Waals surface area contributed by atoms with Crippen molar-refractivity contribution in [3.8, 4) is 0 Å². The van der Waals surface area contributed by atoms with Crippen molar-refractivity contribution in [2.75, 3.05) is 0 Å². The summed E-state index contributed by atoms with van der Waals surface area (Å²) in [7, 11) is 0. The third-order valence-electron chi connectivity index (χ3n) is 2.93. The van der Waals surface area contributed by atoms with Crippen LogP contribution in [-0.2, 0) is 0 Å². The highest BCUT2D eigenvalue weighted by Crippen LogP contribution is 2.33. The Morgan fingerprint density at radius 1 is 1.59 bits per heavy atom. The first kappa shape index (κ1) is 12.4. The highest BCUT2D eigenvalue weighted by molar-refractivity contribution is 6.31.